The fraction of sp³-hybridized carbons (Fsp3) is 0.0714. The second kappa shape index (κ2) is 27.4. The number of nitrogens with zero attached hydrogens (tertiary/aromatic N) is 1. The van der Waals surface area contributed by atoms with Gasteiger partial charge in [-0.2, -0.15) is 8.42 Å². The smallest absolute Gasteiger partial charge is 0.394 e. The lowest BCUT2D eigenvalue weighted by molar-refractivity contribution is 0.0686. The minimum Gasteiger partial charge on any atom is -0.478 e. The molecule has 57 heavy (non-hydrogen) atoms. The van der Waals surface area contributed by atoms with E-state index in [0.29, 0.717) is 22.4 Å². The highest BCUT2D eigenvalue weighted by Gasteiger charge is 2.06. The maximum atomic E-state index is 11.9. The van der Waals surface area contributed by atoms with Crippen molar-refractivity contribution >= 4 is 57.7 Å². The molecule has 0 aliphatic carbocycles. The van der Waals surface area contributed by atoms with E-state index in [0.717, 1.165) is 17.4 Å². The van der Waals surface area contributed by atoms with Gasteiger partial charge in [0, 0.05) is 22.3 Å². The fourth-order valence-electron chi connectivity index (χ4n) is 3.76. The van der Waals surface area contributed by atoms with E-state index in [2.05, 4.69) is 4.85 Å². The van der Waals surface area contributed by atoms with Crippen LogP contribution in [0.2, 0.25) is 0 Å². The predicted molar refractivity (Wildman–Crippen MR) is 216 cm³/mol. The molecule has 0 bridgehead atoms. The van der Waals surface area contributed by atoms with E-state index >= 15 is 0 Å². The number of allylic oxidation sites excluding steroid dienone is 1. The molecule has 15 heteroatoms. The quantitative estimate of drug-likeness (QED) is 0.0383. The average molecular weight is 800 g/mol. The van der Waals surface area contributed by atoms with Crippen LogP contribution in [0.25, 0.3) is 10.9 Å². The van der Waals surface area contributed by atoms with Gasteiger partial charge in [0.15, 0.2) is 23.0 Å². The van der Waals surface area contributed by atoms with E-state index in [1.807, 2.05) is 48.5 Å². The first-order chi connectivity index (χ1) is 25.9. The molecule has 0 saturated carbocycles. The first-order valence-electron chi connectivity index (χ1n) is 15.6. The zero-order chi connectivity index (χ0) is 41.4. The molecule has 0 amide bonds. The van der Waals surface area contributed by atoms with Crippen molar-refractivity contribution in [2.24, 2.45) is 0 Å². The summed E-state index contributed by atoms with van der Waals surface area (Å²) in [5, 5.41) is 17.3. The molecule has 6 N–H and O–H groups in total. The second-order valence-corrected chi connectivity index (χ2v) is 11.5. The van der Waals surface area contributed by atoms with E-state index in [9.17, 15) is 28.8 Å². The summed E-state index contributed by atoms with van der Waals surface area (Å²) < 4.78 is 31.6. The van der Waals surface area contributed by atoms with E-state index < -0.39 is 22.3 Å². The first kappa shape index (κ1) is 51.9. The third-order valence-corrected chi connectivity index (χ3v) is 6.52. The van der Waals surface area contributed by atoms with Crippen molar-refractivity contribution in [3.05, 3.63) is 190 Å². The highest BCUT2D eigenvalue weighted by Crippen LogP contribution is 2.12. The van der Waals surface area contributed by atoms with Crippen LogP contribution in [0.3, 0.4) is 0 Å². The number of Topliss-reactive ketones (excluding diaryl/α,β-unsaturated/α-hetero) is 2. The van der Waals surface area contributed by atoms with Gasteiger partial charge >= 0.3 is 22.3 Å². The van der Waals surface area contributed by atoms with Crippen LogP contribution >= 0.6 is 0 Å². The van der Waals surface area contributed by atoms with Crippen molar-refractivity contribution in [2.75, 3.05) is 0 Å². The number of ketones is 3. The van der Waals surface area contributed by atoms with Gasteiger partial charge in [-0.15, -0.1) is 0 Å². The van der Waals surface area contributed by atoms with Crippen LogP contribution in [0.15, 0.2) is 140 Å². The Hall–Kier alpha value is -7.22. The number of carboxylic acids is 2. The summed E-state index contributed by atoms with van der Waals surface area (Å²) in [5.41, 5.74) is 4.25. The van der Waals surface area contributed by atoms with Crippen LogP contribution in [-0.4, -0.2) is 68.8 Å². The predicted octanol–water partition coefficient (Wildman–Crippen LogP) is 7.97. The number of carbonyl (C=O) groups excluding carboxylic acids is 4. The van der Waals surface area contributed by atoms with Gasteiger partial charge in [0.1, 0.15) is 6.29 Å². The molecule has 5 rings (SSSR count). The summed E-state index contributed by atoms with van der Waals surface area (Å²) in [4.78, 5) is 67.7. The monoisotopic (exact) mass is 799 g/mol. The minimum absolute atomic E-state index is 0. The van der Waals surface area contributed by atoms with Crippen molar-refractivity contribution < 1.29 is 62.0 Å². The van der Waals surface area contributed by atoms with Gasteiger partial charge in [-0.05, 0) is 49.8 Å². The summed E-state index contributed by atoms with van der Waals surface area (Å²) in [6, 6.07) is 36.9. The molecule has 0 unspecified atom stereocenters. The van der Waals surface area contributed by atoms with Crippen molar-refractivity contribution in [3.63, 3.8) is 0 Å². The molecule has 298 valence electrons. The Labute approximate surface area is 330 Å². The van der Waals surface area contributed by atoms with Gasteiger partial charge in [0.05, 0.1) is 17.7 Å². The van der Waals surface area contributed by atoms with Gasteiger partial charge in [0.2, 0.25) is 0 Å². The topological polar surface area (TPSA) is 253 Å². The Morgan fingerprint density at radius 3 is 1.18 bits per heavy atom. The second-order valence-electron chi connectivity index (χ2n) is 10.6. The molecular formula is C42H41NO13S. The van der Waals surface area contributed by atoms with Crippen LogP contribution in [0.1, 0.15) is 89.0 Å². The van der Waals surface area contributed by atoms with Gasteiger partial charge in [-0.1, -0.05) is 123 Å². The van der Waals surface area contributed by atoms with E-state index in [1.165, 1.54) is 68.5 Å². The molecule has 5 aromatic carbocycles. The lowest BCUT2D eigenvalue weighted by atomic mass is 10.1. The van der Waals surface area contributed by atoms with Crippen molar-refractivity contribution in [3.8, 4) is 0 Å². The number of rotatable bonds is 8. The van der Waals surface area contributed by atoms with Crippen LogP contribution in [-0.2, 0) is 10.4 Å². The summed E-state index contributed by atoms with van der Waals surface area (Å²) in [6.45, 7) is 9.61. The van der Waals surface area contributed by atoms with Crippen LogP contribution in [0.4, 0.5) is 5.69 Å². The van der Waals surface area contributed by atoms with Crippen LogP contribution in [0, 0.1) is 6.57 Å². The van der Waals surface area contributed by atoms with Crippen molar-refractivity contribution in [1.29, 1.82) is 0 Å². The van der Waals surface area contributed by atoms with Crippen LogP contribution < -0.4 is 0 Å². The Kier molecular flexibility index (Phi) is 24.9. The summed E-state index contributed by atoms with van der Waals surface area (Å²) in [5.74, 6) is -2.17. The summed E-state index contributed by atoms with van der Waals surface area (Å²) in [7, 11) is -4.67. The van der Waals surface area contributed by atoms with Gasteiger partial charge < -0.3 is 15.7 Å². The molecular weight excluding hydrogens is 759 g/mol. The molecule has 0 spiro atoms. The zero-order valence-electron chi connectivity index (χ0n) is 29.8. The summed E-state index contributed by atoms with van der Waals surface area (Å²) >= 11 is 0. The molecule has 0 atom stereocenters. The normalized spacial score (nSPS) is 9.39. The highest BCUT2D eigenvalue weighted by molar-refractivity contribution is 7.79. The Bertz CT molecular complexity index is 2170. The Balaban J connectivity index is 0. The number of aldehydes is 1. The number of aromatic carboxylic acids is 2. The Morgan fingerprint density at radius 1 is 0.561 bits per heavy atom. The average Bonchev–Trinajstić information content (AvgIpc) is 3.18. The summed E-state index contributed by atoms with van der Waals surface area (Å²) in [6.07, 6.45) is 4.04. The molecule has 0 aromatic heterocycles. The Morgan fingerprint density at radius 2 is 0.877 bits per heavy atom. The van der Waals surface area contributed by atoms with E-state index in [4.69, 9.17) is 34.3 Å². The van der Waals surface area contributed by atoms with Gasteiger partial charge in [-0.25, -0.2) is 14.4 Å². The molecule has 0 aliphatic rings. The largest absolute Gasteiger partial charge is 0.478 e. The SMILES string of the molecule is C.CC(=O)c1ccc(C(=O)O)cc1.O.O=C(O)c1ccc(C(=O)/C=C/c2ccccc2)cc1.O=Cc1ccccc1.O=S(=O)(O)O.[C-]#[N+]c1ccc(C(C)=O)cc1. The molecule has 0 saturated heterocycles. The van der Waals surface area contributed by atoms with Gasteiger partial charge in [-0.3, -0.25) is 28.3 Å². The number of hydrogen-bond acceptors (Lipinski definition) is 8. The van der Waals surface area contributed by atoms with Gasteiger partial charge in [0.25, 0.3) is 0 Å². The maximum absolute atomic E-state index is 11.9. The number of hydrogen-bond donors (Lipinski definition) is 4. The fourth-order valence-corrected chi connectivity index (χ4v) is 3.76. The zero-order valence-corrected chi connectivity index (χ0v) is 30.7. The third-order valence-electron chi connectivity index (χ3n) is 6.52. The van der Waals surface area contributed by atoms with Crippen molar-refractivity contribution in [1.82, 2.24) is 0 Å². The number of carbonyl (C=O) groups is 6. The third kappa shape index (κ3) is 23.2. The molecule has 0 fully saturated rings. The standard InChI is InChI=1S/C16H12O3.C9H7NO.C9H8O3.C7H6O.CH4.H2O4S.H2O/c17-15(11-6-12-4-2-1-3-5-12)13-7-9-14(10-8-13)16(18)19;1-7(11)8-3-5-9(10-2)6-4-8;1-6(10)7-2-4-8(5-3-7)9(11)12;8-6-7-4-2-1-3-5-7;;1-5(2,3)4;/h1-11H,(H,18,19);3-6H,1H3;2-5H,1H3,(H,11,12);1-6H;1H4;(H2,1,2,3,4);1H2/b11-6+;;;;;;. The maximum Gasteiger partial charge on any atom is 0.394 e. The lowest BCUT2D eigenvalue weighted by Crippen LogP contribution is -1.98. The molecule has 14 nitrogen and oxygen atoms in total. The lowest BCUT2D eigenvalue weighted by Gasteiger charge is -1.97. The van der Waals surface area contributed by atoms with Crippen molar-refractivity contribution in [2.45, 2.75) is 21.3 Å². The van der Waals surface area contributed by atoms with E-state index in [-0.39, 0.29) is 41.4 Å². The molecule has 0 aliphatic heterocycles. The molecule has 0 radical (unpaired) electrons. The van der Waals surface area contributed by atoms with Crippen LogP contribution in [0.5, 0.6) is 0 Å². The number of carboxylic acid groups (broad SMARTS) is 2. The van der Waals surface area contributed by atoms with E-state index in [1.54, 1.807) is 42.5 Å². The minimum atomic E-state index is -4.67. The highest BCUT2D eigenvalue weighted by atomic mass is 32.3. The molecule has 0 heterocycles. The number of benzene rings is 5. The first-order valence-corrected chi connectivity index (χ1v) is 17.0. The molecule has 5 aromatic rings.